The molecule has 2 rings (SSSR count). The molecular formula is C19H18ClFN2O4. The van der Waals surface area contributed by atoms with E-state index in [0.29, 0.717) is 0 Å². The predicted molar refractivity (Wildman–Crippen MR) is 100 cm³/mol. The molecule has 2 N–H and O–H groups in total. The van der Waals surface area contributed by atoms with Crippen molar-refractivity contribution in [2.75, 3.05) is 17.2 Å². The Morgan fingerprint density at radius 3 is 2.48 bits per heavy atom. The van der Waals surface area contributed by atoms with Crippen LogP contribution in [0.4, 0.5) is 15.8 Å². The number of ether oxygens (including phenoxy) is 1. The van der Waals surface area contributed by atoms with Crippen molar-refractivity contribution in [2.45, 2.75) is 19.8 Å². The Bertz CT molecular complexity index is 857. The van der Waals surface area contributed by atoms with E-state index in [9.17, 15) is 18.8 Å². The monoisotopic (exact) mass is 392 g/mol. The van der Waals surface area contributed by atoms with Crippen LogP contribution in [0.3, 0.4) is 0 Å². The molecule has 0 spiro atoms. The molecular weight excluding hydrogens is 375 g/mol. The van der Waals surface area contributed by atoms with Gasteiger partial charge in [-0.1, -0.05) is 37.1 Å². The van der Waals surface area contributed by atoms with Gasteiger partial charge in [0.2, 0.25) is 0 Å². The maximum atomic E-state index is 13.1. The van der Waals surface area contributed by atoms with Crippen LogP contribution in [-0.2, 0) is 14.3 Å². The third-order valence-electron chi connectivity index (χ3n) is 3.51. The number of hydrogen-bond donors (Lipinski definition) is 2. The molecule has 0 aliphatic heterocycles. The molecule has 0 heterocycles. The number of carbonyl (C=O) groups is 3. The third-order valence-corrected chi connectivity index (χ3v) is 3.80. The number of hydrogen-bond acceptors (Lipinski definition) is 4. The molecule has 27 heavy (non-hydrogen) atoms. The number of anilines is 2. The van der Waals surface area contributed by atoms with E-state index >= 15 is 0 Å². The molecule has 2 aromatic carbocycles. The zero-order valence-corrected chi connectivity index (χ0v) is 15.3. The van der Waals surface area contributed by atoms with Crippen LogP contribution < -0.4 is 10.6 Å². The number of nitrogens with one attached hydrogen (secondary N) is 2. The second-order valence-corrected chi connectivity index (χ2v) is 5.98. The smallest absolute Gasteiger partial charge is 0.340 e. The highest BCUT2D eigenvalue weighted by Gasteiger charge is 2.19. The molecule has 2 amide bonds. The van der Waals surface area contributed by atoms with Gasteiger partial charge in [0.15, 0.2) is 0 Å². The highest BCUT2D eigenvalue weighted by atomic mass is 35.5. The summed E-state index contributed by atoms with van der Waals surface area (Å²) in [5.41, 5.74) is 0.449. The van der Waals surface area contributed by atoms with Crippen LogP contribution >= 0.6 is 11.6 Å². The summed E-state index contributed by atoms with van der Waals surface area (Å²) in [6.07, 6.45) is 1.60. The summed E-state index contributed by atoms with van der Waals surface area (Å²) in [5.74, 6) is -3.23. The molecule has 0 bridgehead atoms. The minimum atomic E-state index is -0.996. The second kappa shape index (κ2) is 9.68. The number of carbonyl (C=O) groups excluding carboxylic acids is 3. The third kappa shape index (κ3) is 5.79. The van der Waals surface area contributed by atoms with Gasteiger partial charge in [0.25, 0.3) is 0 Å². The van der Waals surface area contributed by atoms with Gasteiger partial charge >= 0.3 is 17.8 Å². The van der Waals surface area contributed by atoms with Gasteiger partial charge in [0.1, 0.15) is 5.82 Å². The number of esters is 1. The van der Waals surface area contributed by atoms with Crippen molar-refractivity contribution < 1.29 is 23.5 Å². The molecule has 0 aromatic heterocycles. The summed E-state index contributed by atoms with van der Waals surface area (Å²) in [6.45, 7) is 2.23. The number of amides is 2. The maximum Gasteiger partial charge on any atom is 0.340 e. The Hall–Kier alpha value is -2.93. The first-order chi connectivity index (χ1) is 12.9. The maximum absolute atomic E-state index is 13.1. The van der Waals surface area contributed by atoms with Crippen molar-refractivity contribution in [3.63, 3.8) is 0 Å². The molecule has 0 aliphatic carbocycles. The highest BCUT2D eigenvalue weighted by Crippen LogP contribution is 2.20. The van der Waals surface area contributed by atoms with E-state index < -0.39 is 23.6 Å². The summed E-state index contributed by atoms with van der Waals surface area (Å²) in [7, 11) is 0. The molecule has 0 saturated heterocycles. The minimum Gasteiger partial charge on any atom is -0.462 e. The number of benzene rings is 2. The minimum absolute atomic E-state index is 0.138. The zero-order valence-electron chi connectivity index (χ0n) is 14.6. The topological polar surface area (TPSA) is 84.5 Å². The Labute approximate surface area is 160 Å². The molecule has 0 radical (unpaired) electrons. The summed E-state index contributed by atoms with van der Waals surface area (Å²) in [5, 5.41) is 4.48. The molecule has 0 aliphatic rings. The van der Waals surface area contributed by atoms with Crippen LogP contribution in [0.15, 0.2) is 42.5 Å². The molecule has 0 unspecified atom stereocenters. The lowest BCUT2D eigenvalue weighted by molar-refractivity contribution is -0.133. The van der Waals surface area contributed by atoms with Crippen LogP contribution in [0.5, 0.6) is 0 Å². The van der Waals surface area contributed by atoms with Crippen molar-refractivity contribution in [3.05, 3.63) is 58.9 Å². The fourth-order valence-electron chi connectivity index (χ4n) is 2.10. The van der Waals surface area contributed by atoms with E-state index in [1.54, 1.807) is 12.1 Å². The number of para-hydroxylation sites is 1. The molecule has 0 fully saturated rings. The van der Waals surface area contributed by atoms with Crippen molar-refractivity contribution in [2.24, 2.45) is 0 Å². The standard InChI is InChI=1S/C19H18ClFN2O4/c1-2-3-10-27-19(26)13-6-4-5-7-16(13)23-18(25)17(24)22-12-8-9-15(21)14(20)11-12/h4-9,11H,2-3,10H2,1H3,(H,22,24)(H,23,25). The molecule has 6 nitrogen and oxygen atoms in total. The first-order valence-corrected chi connectivity index (χ1v) is 8.63. The molecule has 142 valence electrons. The van der Waals surface area contributed by atoms with Crippen LogP contribution in [-0.4, -0.2) is 24.4 Å². The Balaban J connectivity index is 2.05. The Morgan fingerprint density at radius 2 is 1.78 bits per heavy atom. The van der Waals surface area contributed by atoms with Gasteiger partial charge in [0, 0.05) is 5.69 Å². The summed E-state index contributed by atoms with van der Waals surface area (Å²) in [4.78, 5) is 36.3. The van der Waals surface area contributed by atoms with Crippen molar-refractivity contribution >= 4 is 40.8 Å². The molecule has 0 atom stereocenters. The van der Waals surface area contributed by atoms with Crippen LogP contribution in [0, 0.1) is 5.82 Å². The summed E-state index contributed by atoms with van der Waals surface area (Å²) in [6, 6.07) is 9.71. The number of halogens is 2. The van der Waals surface area contributed by atoms with E-state index in [2.05, 4.69) is 10.6 Å². The van der Waals surface area contributed by atoms with Gasteiger partial charge in [-0.05, 0) is 36.8 Å². The zero-order chi connectivity index (χ0) is 19.8. The summed E-state index contributed by atoms with van der Waals surface area (Å²) < 4.78 is 18.3. The SMILES string of the molecule is CCCCOC(=O)c1ccccc1NC(=O)C(=O)Nc1ccc(F)c(Cl)c1. The van der Waals surface area contributed by atoms with E-state index in [0.717, 1.165) is 18.9 Å². The predicted octanol–water partition coefficient (Wildman–Crippen LogP) is 4.01. The lowest BCUT2D eigenvalue weighted by Crippen LogP contribution is -2.29. The quantitative estimate of drug-likeness (QED) is 0.442. The van der Waals surface area contributed by atoms with Crippen LogP contribution in [0.1, 0.15) is 30.1 Å². The lowest BCUT2D eigenvalue weighted by atomic mass is 10.1. The fourth-order valence-corrected chi connectivity index (χ4v) is 2.28. The van der Waals surface area contributed by atoms with Gasteiger partial charge in [0.05, 0.1) is 22.9 Å². The average molecular weight is 393 g/mol. The van der Waals surface area contributed by atoms with E-state index in [-0.39, 0.29) is 28.6 Å². The Kier molecular flexibility index (Phi) is 7.31. The van der Waals surface area contributed by atoms with Gasteiger partial charge in [-0.3, -0.25) is 9.59 Å². The normalized spacial score (nSPS) is 10.2. The fraction of sp³-hybridized carbons (Fsp3) is 0.211. The molecule has 8 heteroatoms. The van der Waals surface area contributed by atoms with Crippen LogP contribution in [0.2, 0.25) is 5.02 Å². The molecule has 0 saturated carbocycles. The Morgan fingerprint density at radius 1 is 1.07 bits per heavy atom. The van der Waals surface area contributed by atoms with Crippen molar-refractivity contribution in [3.8, 4) is 0 Å². The number of rotatable bonds is 6. The van der Waals surface area contributed by atoms with Crippen molar-refractivity contribution in [1.29, 1.82) is 0 Å². The van der Waals surface area contributed by atoms with Gasteiger partial charge in [-0.2, -0.15) is 0 Å². The first-order valence-electron chi connectivity index (χ1n) is 8.26. The van der Waals surface area contributed by atoms with Crippen molar-refractivity contribution in [1.82, 2.24) is 0 Å². The summed E-state index contributed by atoms with van der Waals surface area (Å²) >= 11 is 5.64. The van der Waals surface area contributed by atoms with Gasteiger partial charge in [-0.25, -0.2) is 9.18 Å². The largest absolute Gasteiger partial charge is 0.462 e. The second-order valence-electron chi connectivity index (χ2n) is 5.57. The number of unbranched alkanes of at least 4 members (excludes halogenated alkanes) is 1. The first kappa shape index (κ1) is 20.4. The lowest BCUT2D eigenvalue weighted by Gasteiger charge is -2.11. The van der Waals surface area contributed by atoms with E-state index in [4.69, 9.17) is 16.3 Å². The van der Waals surface area contributed by atoms with E-state index in [1.165, 1.54) is 24.3 Å². The van der Waals surface area contributed by atoms with Gasteiger partial charge in [-0.15, -0.1) is 0 Å². The molecule has 2 aromatic rings. The average Bonchev–Trinajstić information content (AvgIpc) is 2.65. The highest BCUT2D eigenvalue weighted by molar-refractivity contribution is 6.44. The van der Waals surface area contributed by atoms with Gasteiger partial charge < -0.3 is 15.4 Å². The van der Waals surface area contributed by atoms with E-state index in [1.807, 2.05) is 6.92 Å². The van der Waals surface area contributed by atoms with Crippen LogP contribution in [0.25, 0.3) is 0 Å².